The normalized spacial score (nSPS) is 10.6. The van der Waals surface area contributed by atoms with Crippen molar-refractivity contribution in [2.45, 2.75) is 13.8 Å². The maximum atomic E-state index is 5.98. The van der Waals surface area contributed by atoms with Crippen LogP contribution in [0.5, 0.6) is 0 Å². The van der Waals surface area contributed by atoms with E-state index in [0.717, 1.165) is 27.2 Å². The van der Waals surface area contributed by atoms with Crippen molar-refractivity contribution in [3.05, 3.63) is 33.9 Å². The molecule has 90 valence electrons. The fourth-order valence-electron chi connectivity index (χ4n) is 1.68. The lowest BCUT2D eigenvalue weighted by atomic mass is 10.2. The summed E-state index contributed by atoms with van der Waals surface area (Å²) in [4.78, 5) is 0. The van der Waals surface area contributed by atoms with Crippen molar-refractivity contribution in [3.63, 3.8) is 0 Å². The number of halogens is 1. The predicted octanol–water partition coefficient (Wildman–Crippen LogP) is 3.13. The summed E-state index contributed by atoms with van der Waals surface area (Å²) >= 11 is 3.46. The molecule has 0 unspecified atom stereocenters. The van der Waals surface area contributed by atoms with Gasteiger partial charge in [-0.1, -0.05) is 22.0 Å². The summed E-state index contributed by atoms with van der Waals surface area (Å²) in [5.41, 5.74) is 9.69. The van der Waals surface area contributed by atoms with E-state index in [0.29, 0.717) is 5.69 Å². The first kappa shape index (κ1) is 12.0. The van der Waals surface area contributed by atoms with Crippen molar-refractivity contribution < 1.29 is 0 Å². The van der Waals surface area contributed by atoms with Crippen LogP contribution < -0.4 is 11.1 Å². The zero-order chi connectivity index (χ0) is 12.6. The van der Waals surface area contributed by atoms with E-state index in [1.165, 1.54) is 0 Å². The average molecular weight is 295 g/mol. The number of aromatic nitrogens is 2. The zero-order valence-corrected chi connectivity index (χ0v) is 11.7. The molecule has 2 aromatic rings. The Morgan fingerprint density at radius 3 is 2.65 bits per heavy atom. The van der Waals surface area contributed by atoms with Crippen molar-refractivity contribution in [2.24, 2.45) is 7.05 Å². The average Bonchev–Trinajstić information content (AvgIpc) is 2.50. The highest BCUT2D eigenvalue weighted by Crippen LogP contribution is 2.28. The van der Waals surface area contributed by atoms with E-state index in [2.05, 4.69) is 26.3 Å². The minimum Gasteiger partial charge on any atom is -0.394 e. The third-order valence-electron chi connectivity index (χ3n) is 2.72. The number of nitrogens with two attached hydrogens (primary N) is 1. The molecule has 5 heteroatoms. The molecule has 1 aromatic carbocycles. The molecule has 0 fully saturated rings. The number of benzene rings is 1. The molecule has 0 aliphatic rings. The third kappa shape index (κ3) is 2.29. The maximum absolute atomic E-state index is 5.98. The van der Waals surface area contributed by atoms with Gasteiger partial charge in [0.05, 0.1) is 11.4 Å². The number of nitrogens with zero attached hydrogens (tertiary/aromatic N) is 2. The minimum absolute atomic E-state index is 0.687. The topological polar surface area (TPSA) is 55.9 Å². The molecular weight excluding hydrogens is 280 g/mol. The standard InChI is InChI=1S/C12H15BrN4/c1-7-4-5-9(13)6-10(7)15-12-11(14)8(2)16-17(12)3/h4-6,15H,14H2,1-3H3. The van der Waals surface area contributed by atoms with Crippen LogP contribution in [0.25, 0.3) is 0 Å². The van der Waals surface area contributed by atoms with Crippen molar-refractivity contribution >= 4 is 33.1 Å². The van der Waals surface area contributed by atoms with Gasteiger partial charge >= 0.3 is 0 Å². The minimum atomic E-state index is 0.687. The van der Waals surface area contributed by atoms with Crippen LogP contribution in [0.15, 0.2) is 22.7 Å². The van der Waals surface area contributed by atoms with Crippen LogP contribution in [0.2, 0.25) is 0 Å². The van der Waals surface area contributed by atoms with Crippen molar-refractivity contribution in [1.29, 1.82) is 0 Å². The third-order valence-corrected chi connectivity index (χ3v) is 3.21. The summed E-state index contributed by atoms with van der Waals surface area (Å²) in [6.07, 6.45) is 0. The number of hydrogen-bond donors (Lipinski definition) is 2. The Hall–Kier alpha value is -1.49. The zero-order valence-electron chi connectivity index (χ0n) is 10.1. The maximum Gasteiger partial charge on any atom is 0.152 e. The second-order valence-corrected chi connectivity index (χ2v) is 4.97. The molecule has 0 saturated carbocycles. The lowest BCUT2D eigenvalue weighted by Gasteiger charge is -2.11. The lowest BCUT2D eigenvalue weighted by molar-refractivity contribution is 0.765. The first-order valence-electron chi connectivity index (χ1n) is 5.31. The van der Waals surface area contributed by atoms with E-state index in [1.54, 1.807) is 4.68 Å². The van der Waals surface area contributed by atoms with Crippen molar-refractivity contribution in [2.75, 3.05) is 11.1 Å². The lowest BCUT2D eigenvalue weighted by Crippen LogP contribution is -2.02. The van der Waals surface area contributed by atoms with Crippen LogP contribution in [0.4, 0.5) is 17.2 Å². The number of aryl methyl sites for hydroxylation is 3. The number of nitrogens with one attached hydrogen (secondary N) is 1. The van der Waals surface area contributed by atoms with Gasteiger partial charge in [0.25, 0.3) is 0 Å². The van der Waals surface area contributed by atoms with Gasteiger partial charge in [-0.3, -0.25) is 4.68 Å². The Morgan fingerprint density at radius 2 is 2.06 bits per heavy atom. The second kappa shape index (κ2) is 4.41. The van der Waals surface area contributed by atoms with Gasteiger partial charge in [0.2, 0.25) is 0 Å². The smallest absolute Gasteiger partial charge is 0.152 e. The molecule has 0 bridgehead atoms. The first-order valence-corrected chi connectivity index (χ1v) is 6.10. The molecule has 4 nitrogen and oxygen atoms in total. The predicted molar refractivity (Wildman–Crippen MR) is 74.5 cm³/mol. The molecule has 0 aliphatic carbocycles. The van der Waals surface area contributed by atoms with Gasteiger partial charge in [0.15, 0.2) is 5.82 Å². The Morgan fingerprint density at radius 1 is 1.35 bits per heavy atom. The molecule has 0 saturated heterocycles. The van der Waals surface area contributed by atoms with Crippen molar-refractivity contribution in [1.82, 2.24) is 9.78 Å². The van der Waals surface area contributed by atoms with Gasteiger partial charge in [-0.15, -0.1) is 0 Å². The number of nitrogen functional groups attached to an aromatic ring is 1. The summed E-state index contributed by atoms with van der Waals surface area (Å²) in [6.45, 7) is 3.95. The highest BCUT2D eigenvalue weighted by atomic mass is 79.9. The van der Waals surface area contributed by atoms with Crippen LogP contribution >= 0.6 is 15.9 Å². The van der Waals surface area contributed by atoms with E-state index >= 15 is 0 Å². The first-order chi connectivity index (χ1) is 7.99. The Kier molecular flexibility index (Phi) is 3.11. The molecule has 0 aliphatic heterocycles. The molecule has 17 heavy (non-hydrogen) atoms. The van der Waals surface area contributed by atoms with Gasteiger partial charge in [0, 0.05) is 17.2 Å². The molecule has 0 atom stereocenters. The number of hydrogen-bond acceptors (Lipinski definition) is 3. The summed E-state index contributed by atoms with van der Waals surface area (Å²) in [7, 11) is 1.87. The quantitative estimate of drug-likeness (QED) is 0.895. The van der Waals surface area contributed by atoms with E-state index in [4.69, 9.17) is 5.73 Å². The monoisotopic (exact) mass is 294 g/mol. The van der Waals surface area contributed by atoms with Crippen LogP contribution in [0.1, 0.15) is 11.3 Å². The van der Waals surface area contributed by atoms with Crippen LogP contribution in [0.3, 0.4) is 0 Å². The SMILES string of the molecule is Cc1ccc(Br)cc1Nc1c(N)c(C)nn1C. The van der Waals surface area contributed by atoms with Crippen molar-refractivity contribution in [3.8, 4) is 0 Å². The molecule has 2 rings (SSSR count). The fraction of sp³-hybridized carbons (Fsp3) is 0.250. The summed E-state index contributed by atoms with van der Waals surface area (Å²) < 4.78 is 2.79. The fourth-order valence-corrected chi connectivity index (χ4v) is 2.04. The molecular formula is C12H15BrN4. The Bertz CT molecular complexity index is 560. The largest absolute Gasteiger partial charge is 0.394 e. The van der Waals surface area contributed by atoms with Gasteiger partial charge < -0.3 is 11.1 Å². The van der Waals surface area contributed by atoms with Gasteiger partial charge in [-0.05, 0) is 31.5 Å². The van der Waals surface area contributed by atoms with Gasteiger partial charge in [0.1, 0.15) is 0 Å². The van der Waals surface area contributed by atoms with Gasteiger partial charge in [-0.25, -0.2) is 0 Å². The molecule has 0 spiro atoms. The molecule has 0 amide bonds. The van der Waals surface area contributed by atoms with E-state index in [9.17, 15) is 0 Å². The highest BCUT2D eigenvalue weighted by molar-refractivity contribution is 9.10. The van der Waals surface area contributed by atoms with E-state index in [1.807, 2.05) is 39.1 Å². The molecule has 1 aromatic heterocycles. The number of anilines is 3. The summed E-state index contributed by atoms with van der Waals surface area (Å²) in [5.74, 6) is 0.823. The van der Waals surface area contributed by atoms with Crippen LogP contribution in [-0.2, 0) is 7.05 Å². The van der Waals surface area contributed by atoms with E-state index < -0.39 is 0 Å². The molecule has 1 heterocycles. The second-order valence-electron chi connectivity index (χ2n) is 4.06. The molecule has 0 radical (unpaired) electrons. The van der Waals surface area contributed by atoms with Crippen LogP contribution in [-0.4, -0.2) is 9.78 Å². The summed E-state index contributed by atoms with van der Waals surface area (Å²) in [6, 6.07) is 6.08. The molecule has 3 N–H and O–H groups in total. The Balaban J connectivity index is 2.41. The van der Waals surface area contributed by atoms with Gasteiger partial charge in [-0.2, -0.15) is 5.10 Å². The highest BCUT2D eigenvalue weighted by Gasteiger charge is 2.11. The van der Waals surface area contributed by atoms with Crippen LogP contribution in [0, 0.1) is 13.8 Å². The van der Waals surface area contributed by atoms with E-state index in [-0.39, 0.29) is 0 Å². The number of rotatable bonds is 2. The summed E-state index contributed by atoms with van der Waals surface area (Å²) in [5, 5.41) is 7.59. The Labute approximate surface area is 109 Å².